The number of fused-ring (bicyclic) bond motifs is 1. The molecule has 0 radical (unpaired) electrons. The van der Waals surface area contributed by atoms with E-state index < -0.39 is 18.2 Å². The molecular weight excluding hydrogens is 409 g/mol. The molecule has 1 aromatic rings. The summed E-state index contributed by atoms with van der Waals surface area (Å²) in [5.41, 5.74) is 1.49. The van der Waals surface area contributed by atoms with E-state index in [9.17, 15) is 18.0 Å². The fraction of sp³-hybridized carbons (Fsp3) is 0.636. The molecule has 1 amide bonds. The lowest BCUT2D eigenvalue weighted by molar-refractivity contribution is -0.127. The molecule has 1 spiro atoms. The molecule has 1 aromatic carbocycles. The van der Waals surface area contributed by atoms with Crippen LogP contribution in [0.15, 0.2) is 23.2 Å². The molecule has 0 aliphatic carbocycles. The highest BCUT2D eigenvalue weighted by molar-refractivity contribution is 5.89. The van der Waals surface area contributed by atoms with Crippen LogP contribution in [0.3, 0.4) is 0 Å². The molecule has 170 valence electrons. The molecule has 0 aromatic heterocycles. The number of hydrogen-bond acceptors (Lipinski definition) is 5. The normalized spacial score (nSPS) is 21.1. The van der Waals surface area contributed by atoms with Gasteiger partial charge in [-0.25, -0.2) is 9.80 Å². The molecule has 0 saturated carbocycles. The Morgan fingerprint density at radius 1 is 1.16 bits per heavy atom. The zero-order chi connectivity index (χ0) is 22.4. The summed E-state index contributed by atoms with van der Waals surface area (Å²) >= 11 is 0. The zero-order valence-corrected chi connectivity index (χ0v) is 18.2. The van der Waals surface area contributed by atoms with Gasteiger partial charge in [-0.2, -0.15) is 13.2 Å². The Morgan fingerprint density at radius 3 is 2.45 bits per heavy atom. The van der Waals surface area contributed by atoms with Gasteiger partial charge in [0.25, 0.3) is 0 Å². The Hall–Kier alpha value is -2.29. The number of likely N-dealkylation sites (tertiary alicyclic amines) is 1. The average Bonchev–Trinajstić information content (AvgIpc) is 2.63. The van der Waals surface area contributed by atoms with Crippen molar-refractivity contribution in [2.45, 2.75) is 51.8 Å². The highest BCUT2D eigenvalue weighted by atomic mass is 19.4. The number of benzene rings is 1. The second kappa shape index (κ2) is 7.69. The highest BCUT2D eigenvalue weighted by Gasteiger charge is 2.48. The number of hydrogen-bond donors (Lipinski definition) is 0. The van der Waals surface area contributed by atoms with Crippen LogP contribution in [0.1, 0.15) is 44.7 Å². The van der Waals surface area contributed by atoms with Crippen molar-refractivity contribution >= 4 is 18.0 Å². The predicted molar refractivity (Wildman–Crippen MR) is 112 cm³/mol. The minimum Gasteiger partial charge on any atom is -0.444 e. The fourth-order valence-corrected chi connectivity index (χ4v) is 4.50. The summed E-state index contributed by atoms with van der Waals surface area (Å²) in [5, 5.41) is 4.15. The van der Waals surface area contributed by atoms with Crippen LogP contribution in [0.2, 0.25) is 0 Å². The molecular formula is C22H29F3N4O2. The molecule has 3 aliphatic heterocycles. The first-order valence-corrected chi connectivity index (χ1v) is 10.6. The van der Waals surface area contributed by atoms with Crippen LogP contribution in [-0.2, 0) is 11.2 Å². The number of carbonyl (C=O) groups excluding carboxylic acids is 1. The standard InChI is InChI=1S/C22H29F3N4O2/c1-20(2,3)31-19(30)27-8-6-21(7-9-27)13-28(14-21)29-15-26-12-17-5-4-16(10-18(17)29)11-22(23,24)25/h4-5,10,12H,6-9,11,13-15H2,1-3H3. The Labute approximate surface area is 180 Å². The van der Waals surface area contributed by atoms with Crippen molar-refractivity contribution in [3.8, 4) is 0 Å². The predicted octanol–water partition coefficient (Wildman–Crippen LogP) is 4.24. The number of carbonyl (C=O) groups is 1. The first-order valence-electron chi connectivity index (χ1n) is 10.6. The SMILES string of the molecule is CC(C)(C)OC(=O)N1CCC2(CC1)CN(N1CN=Cc3ccc(CC(F)(F)F)cc31)C2. The Kier molecular flexibility index (Phi) is 5.44. The van der Waals surface area contributed by atoms with Gasteiger partial charge in [0.05, 0.1) is 12.1 Å². The maximum Gasteiger partial charge on any atom is 0.410 e. The van der Waals surface area contributed by atoms with Crippen LogP contribution in [0.4, 0.5) is 23.7 Å². The maximum absolute atomic E-state index is 12.8. The van der Waals surface area contributed by atoms with E-state index in [1.165, 1.54) is 6.07 Å². The molecule has 4 rings (SSSR count). The number of aliphatic imine (C=N–C) groups is 1. The lowest BCUT2D eigenvalue weighted by Crippen LogP contribution is -2.66. The van der Waals surface area contributed by atoms with Gasteiger partial charge in [-0.1, -0.05) is 12.1 Å². The minimum atomic E-state index is -4.23. The van der Waals surface area contributed by atoms with Crippen molar-refractivity contribution < 1.29 is 22.7 Å². The monoisotopic (exact) mass is 438 g/mol. The lowest BCUT2D eigenvalue weighted by atomic mass is 9.73. The first kappa shape index (κ1) is 21.9. The molecule has 31 heavy (non-hydrogen) atoms. The second-order valence-electron chi connectivity index (χ2n) is 9.83. The number of piperidine rings is 1. The van der Waals surface area contributed by atoms with Crippen molar-refractivity contribution in [3.05, 3.63) is 29.3 Å². The summed E-state index contributed by atoms with van der Waals surface area (Å²) in [4.78, 5) is 18.4. The molecule has 0 unspecified atom stereocenters. The fourth-order valence-electron chi connectivity index (χ4n) is 4.50. The highest BCUT2D eigenvalue weighted by Crippen LogP contribution is 2.43. The molecule has 0 atom stereocenters. The number of amides is 1. The van der Waals surface area contributed by atoms with Gasteiger partial charge in [-0.3, -0.25) is 10.0 Å². The number of alkyl halides is 3. The number of rotatable bonds is 2. The summed E-state index contributed by atoms with van der Waals surface area (Å²) in [6.07, 6.45) is -1.94. The van der Waals surface area contributed by atoms with Crippen LogP contribution in [0.5, 0.6) is 0 Å². The molecule has 2 fully saturated rings. The molecule has 3 heterocycles. The Bertz CT molecular complexity index is 862. The number of hydrazine groups is 1. The summed E-state index contributed by atoms with van der Waals surface area (Å²) in [6.45, 7) is 8.93. The van der Waals surface area contributed by atoms with Crippen LogP contribution in [-0.4, -0.2) is 66.8 Å². The van der Waals surface area contributed by atoms with E-state index in [1.54, 1.807) is 23.2 Å². The van der Waals surface area contributed by atoms with Crippen LogP contribution >= 0.6 is 0 Å². The average molecular weight is 438 g/mol. The lowest BCUT2D eigenvalue weighted by Gasteiger charge is -2.57. The Balaban J connectivity index is 1.38. The molecule has 3 aliphatic rings. The smallest absolute Gasteiger partial charge is 0.410 e. The van der Waals surface area contributed by atoms with E-state index in [1.807, 2.05) is 25.8 Å². The number of halogens is 3. The van der Waals surface area contributed by atoms with Crippen LogP contribution in [0.25, 0.3) is 0 Å². The van der Waals surface area contributed by atoms with Crippen molar-refractivity contribution in [1.82, 2.24) is 9.91 Å². The van der Waals surface area contributed by atoms with Gasteiger partial charge >= 0.3 is 12.3 Å². The number of nitrogens with zero attached hydrogens (tertiary/aromatic N) is 4. The maximum atomic E-state index is 12.8. The van der Waals surface area contributed by atoms with E-state index in [4.69, 9.17) is 4.74 Å². The second-order valence-corrected chi connectivity index (χ2v) is 9.83. The molecule has 2 saturated heterocycles. The van der Waals surface area contributed by atoms with Crippen LogP contribution in [0, 0.1) is 5.41 Å². The van der Waals surface area contributed by atoms with Gasteiger partial charge in [0.1, 0.15) is 12.3 Å². The van der Waals surface area contributed by atoms with Crippen LogP contribution < -0.4 is 5.01 Å². The summed E-state index contributed by atoms with van der Waals surface area (Å²) in [7, 11) is 0. The molecule has 0 N–H and O–H groups in total. The number of anilines is 1. The quantitative estimate of drug-likeness (QED) is 0.693. The third-order valence-corrected chi connectivity index (χ3v) is 6.08. The van der Waals surface area contributed by atoms with Crippen molar-refractivity contribution in [2.24, 2.45) is 10.4 Å². The van der Waals surface area contributed by atoms with E-state index >= 15 is 0 Å². The van der Waals surface area contributed by atoms with E-state index in [0.29, 0.717) is 19.8 Å². The van der Waals surface area contributed by atoms with E-state index in [2.05, 4.69) is 10.0 Å². The summed E-state index contributed by atoms with van der Waals surface area (Å²) < 4.78 is 44.0. The summed E-state index contributed by atoms with van der Waals surface area (Å²) in [5.74, 6) is 0. The number of ether oxygens (including phenoxy) is 1. The van der Waals surface area contributed by atoms with E-state index in [-0.39, 0.29) is 17.1 Å². The minimum absolute atomic E-state index is 0.128. The van der Waals surface area contributed by atoms with E-state index in [0.717, 1.165) is 37.2 Å². The van der Waals surface area contributed by atoms with Crippen molar-refractivity contribution in [3.63, 3.8) is 0 Å². The third kappa shape index (κ3) is 4.97. The van der Waals surface area contributed by atoms with Gasteiger partial charge in [0.2, 0.25) is 0 Å². The largest absolute Gasteiger partial charge is 0.444 e. The van der Waals surface area contributed by atoms with Gasteiger partial charge < -0.3 is 9.64 Å². The topological polar surface area (TPSA) is 48.4 Å². The molecule has 9 heteroatoms. The zero-order valence-electron chi connectivity index (χ0n) is 18.2. The van der Waals surface area contributed by atoms with Gasteiger partial charge in [-0.05, 0) is 45.2 Å². The Morgan fingerprint density at radius 2 is 1.84 bits per heavy atom. The van der Waals surface area contributed by atoms with Crippen molar-refractivity contribution in [2.75, 3.05) is 37.9 Å². The molecule has 0 bridgehead atoms. The first-order chi connectivity index (χ1) is 14.4. The van der Waals surface area contributed by atoms with Gasteiger partial charge in [-0.15, -0.1) is 0 Å². The third-order valence-electron chi connectivity index (χ3n) is 6.08. The van der Waals surface area contributed by atoms with Gasteiger partial charge in [0.15, 0.2) is 0 Å². The van der Waals surface area contributed by atoms with Crippen molar-refractivity contribution in [1.29, 1.82) is 0 Å². The summed E-state index contributed by atoms with van der Waals surface area (Å²) in [6, 6.07) is 4.86. The molecule has 6 nitrogen and oxygen atoms in total. The van der Waals surface area contributed by atoms with Gasteiger partial charge in [0, 0.05) is 43.4 Å².